The summed E-state index contributed by atoms with van der Waals surface area (Å²) in [6.45, 7) is 13.3. The molecule has 18 nitrogen and oxygen atoms in total. The minimum Gasteiger partial charge on any atom is -0.388 e. The number of aliphatic hydroxyl groups is 6. The molecule has 4 rings (SSSR count). The number of nitrogens with zero attached hydrogens (tertiary/aromatic N) is 5. The van der Waals surface area contributed by atoms with Gasteiger partial charge in [0.2, 0.25) is 11.8 Å². The third kappa shape index (κ3) is 18.9. The summed E-state index contributed by atoms with van der Waals surface area (Å²) in [5.41, 5.74) is 13.5. The molecule has 10 N–H and O–H groups in total. The lowest BCUT2D eigenvalue weighted by molar-refractivity contribution is -0.206. The van der Waals surface area contributed by atoms with Gasteiger partial charge in [-0.25, -0.2) is 0 Å². The Morgan fingerprint density at radius 3 is 1.39 bits per heavy atom. The fourth-order valence-corrected chi connectivity index (χ4v) is 9.81. The van der Waals surface area contributed by atoms with E-state index in [1.54, 1.807) is 26.4 Å². The smallest absolute Gasteiger partial charge is 0.237 e. The second kappa shape index (κ2) is 33.5. The first kappa shape index (κ1) is 63.1. The van der Waals surface area contributed by atoms with Crippen LogP contribution in [0.1, 0.15) is 80.1 Å². The first-order valence-corrected chi connectivity index (χ1v) is 26.7. The molecule has 0 bridgehead atoms. The Labute approximate surface area is 397 Å². The summed E-state index contributed by atoms with van der Waals surface area (Å²) in [4.78, 5) is 32.8. The van der Waals surface area contributed by atoms with Gasteiger partial charge in [0, 0.05) is 60.9 Å². The standard InChI is InChI=1S/C18H33N5O5S.C18H35N3O5S.C2H6.2CH3FS/c1-5-6-10-7-11(23(3)8-10)17(27)20-12(9(2)21-22-19)16-14(25)13(24)15(26)18(28-16)29-4;1-5-6-10-7-11(21(3)8-10)17(25)20-12(9(2)19)16-14(23)13(22)15(24)18(26-16)27-4;1-2;2*1-3-2/h9-16,18,24-26H,5-8H2,1-4H3,(H,20,27);9-16,18,22-24H,5-8,19H2,1-4H3,(H,20,25);1-2H3;2*1H3/t2*9-,10+,11-,12+,13+,14?,15+,16+,18?;;;/m00.../s1. The second-order valence-corrected chi connectivity index (χ2v) is 18.7. The number of hydrogen-bond donors (Lipinski definition) is 9. The average Bonchev–Trinajstić information content (AvgIpc) is 3.83. The van der Waals surface area contributed by atoms with Crippen LogP contribution in [0.4, 0.5) is 7.77 Å². The molecule has 4 heterocycles. The Kier molecular flexibility index (Phi) is 33.1. The van der Waals surface area contributed by atoms with Crippen molar-refractivity contribution in [3.8, 4) is 0 Å². The van der Waals surface area contributed by atoms with E-state index in [0.29, 0.717) is 11.8 Å². The number of amides is 2. The highest BCUT2D eigenvalue weighted by Crippen LogP contribution is 2.32. The van der Waals surface area contributed by atoms with E-state index in [-0.39, 0.29) is 48.2 Å². The molecule has 0 radical (unpaired) electrons. The molecule has 0 aromatic rings. The van der Waals surface area contributed by atoms with Crippen molar-refractivity contribution in [2.24, 2.45) is 22.7 Å². The van der Waals surface area contributed by atoms with Crippen LogP contribution in [-0.2, 0) is 19.1 Å². The minimum absolute atomic E-state index is 0.143. The van der Waals surface area contributed by atoms with Crippen LogP contribution in [0.2, 0.25) is 0 Å². The van der Waals surface area contributed by atoms with Crippen LogP contribution in [-0.4, -0.2) is 200 Å². The summed E-state index contributed by atoms with van der Waals surface area (Å²) in [7, 11) is 3.85. The molecule has 4 aliphatic rings. The van der Waals surface area contributed by atoms with Gasteiger partial charge in [-0.2, -0.15) is 7.77 Å². The van der Waals surface area contributed by atoms with Crippen molar-refractivity contribution in [2.45, 2.75) is 176 Å². The van der Waals surface area contributed by atoms with Gasteiger partial charge in [-0.15, -0.1) is 23.5 Å². The lowest BCUT2D eigenvalue weighted by atomic mass is 9.91. The van der Waals surface area contributed by atoms with E-state index < -0.39 is 83.9 Å². The SMILES string of the molecule is CC.CCC[C@@H]1C[C@@H](C(=O)N[C@H]([C@H](C)N)[C@H]2OC(SC)[C@H](O)[C@H](O)C2O)N(C)C1.CCC[C@@H]1C[C@@H](C(=O)N[C@H]([C@H](C)N=[N+]=[N-])[C@H]2OC(SC)[C@H](O)[C@H](O)C2O)N(C)C1.CSF.CSF. The maximum Gasteiger partial charge on any atom is 0.237 e. The predicted molar refractivity (Wildman–Crippen MR) is 256 cm³/mol. The Morgan fingerprint density at radius 1 is 0.734 bits per heavy atom. The Balaban J connectivity index is 0.00000107. The fourth-order valence-electron chi connectivity index (χ4n) is 8.45. The van der Waals surface area contributed by atoms with Crippen LogP contribution < -0.4 is 16.4 Å². The van der Waals surface area contributed by atoms with Gasteiger partial charge in [0.15, 0.2) is 0 Å². The maximum absolute atomic E-state index is 13.0. The van der Waals surface area contributed by atoms with E-state index in [9.17, 15) is 48.0 Å². The summed E-state index contributed by atoms with van der Waals surface area (Å²) in [5, 5.41) is 71.0. The van der Waals surface area contributed by atoms with Gasteiger partial charge in [0.25, 0.3) is 0 Å². The number of thioether (sulfide) groups is 2. The molecule has 378 valence electrons. The predicted octanol–water partition coefficient (Wildman–Crippen LogP) is 3.06. The highest BCUT2D eigenvalue weighted by Gasteiger charge is 2.50. The number of aliphatic hydroxyl groups excluding tert-OH is 6. The summed E-state index contributed by atoms with van der Waals surface area (Å²) >= 11 is 2.93. The van der Waals surface area contributed by atoms with Crippen molar-refractivity contribution in [3.63, 3.8) is 0 Å². The summed E-state index contributed by atoms with van der Waals surface area (Å²) in [6.07, 6.45) is 2.05. The summed E-state index contributed by atoms with van der Waals surface area (Å²) in [6, 6.07) is -3.33. The molecule has 4 unspecified atom stereocenters. The molecular formula is C40H80F2N8O10S4. The highest BCUT2D eigenvalue weighted by atomic mass is 32.2. The second-order valence-electron chi connectivity index (χ2n) is 16.2. The summed E-state index contributed by atoms with van der Waals surface area (Å²) in [5.74, 6) is 0.575. The average molecular weight is 999 g/mol. The quantitative estimate of drug-likeness (QED) is 0.0648. The van der Waals surface area contributed by atoms with Crippen LogP contribution in [0.5, 0.6) is 0 Å². The van der Waals surface area contributed by atoms with Gasteiger partial charge in [-0.3, -0.25) is 19.4 Å². The zero-order valence-electron chi connectivity index (χ0n) is 39.6. The molecule has 4 fully saturated rings. The molecule has 4 aliphatic heterocycles. The third-order valence-corrected chi connectivity index (χ3v) is 13.3. The number of likely N-dealkylation sites (N-methyl/N-ethyl adjacent to an activating group) is 2. The number of hydrogen-bond acceptors (Lipinski definition) is 18. The van der Waals surface area contributed by atoms with Crippen LogP contribution in [0.3, 0.4) is 0 Å². The van der Waals surface area contributed by atoms with Gasteiger partial charge < -0.3 is 56.5 Å². The van der Waals surface area contributed by atoms with E-state index in [1.165, 1.54) is 36.0 Å². The molecule has 18 atom stereocenters. The van der Waals surface area contributed by atoms with Gasteiger partial charge in [0.1, 0.15) is 59.7 Å². The van der Waals surface area contributed by atoms with Crippen molar-refractivity contribution in [2.75, 3.05) is 52.2 Å². The number of nitrogens with two attached hydrogens (primary N) is 1. The zero-order valence-corrected chi connectivity index (χ0v) is 42.8. The minimum atomic E-state index is -1.44. The van der Waals surface area contributed by atoms with Gasteiger partial charge >= 0.3 is 0 Å². The normalized spacial score (nSPS) is 34.5. The number of nitrogens with one attached hydrogen (secondary N) is 2. The van der Waals surface area contributed by atoms with Crippen LogP contribution in [0, 0.1) is 11.8 Å². The van der Waals surface area contributed by atoms with Crippen molar-refractivity contribution in [1.82, 2.24) is 20.4 Å². The summed E-state index contributed by atoms with van der Waals surface area (Å²) < 4.78 is 32.0. The van der Waals surface area contributed by atoms with Gasteiger partial charge in [-0.1, -0.05) is 52.6 Å². The monoisotopic (exact) mass is 998 g/mol. The molecule has 0 aliphatic carbocycles. The number of rotatable bonds is 15. The Morgan fingerprint density at radius 2 is 1.08 bits per heavy atom. The number of ether oxygens (including phenoxy) is 2. The molecule has 4 saturated heterocycles. The lowest BCUT2D eigenvalue weighted by Gasteiger charge is -2.44. The molecule has 64 heavy (non-hydrogen) atoms. The van der Waals surface area contributed by atoms with Crippen molar-refractivity contribution >= 4 is 59.6 Å². The number of halogens is 2. The van der Waals surface area contributed by atoms with Crippen molar-refractivity contribution in [1.29, 1.82) is 0 Å². The molecule has 0 spiro atoms. The highest BCUT2D eigenvalue weighted by molar-refractivity contribution is 7.99. The van der Waals surface area contributed by atoms with Crippen molar-refractivity contribution < 1.29 is 57.5 Å². The van der Waals surface area contributed by atoms with Crippen molar-refractivity contribution in [3.05, 3.63) is 10.4 Å². The first-order valence-electron chi connectivity index (χ1n) is 21.8. The van der Waals surface area contributed by atoms with E-state index in [2.05, 4.69) is 39.4 Å². The molecule has 0 aromatic carbocycles. The third-order valence-electron chi connectivity index (χ3n) is 11.6. The lowest BCUT2D eigenvalue weighted by Crippen LogP contribution is -2.66. The number of azide groups is 1. The fraction of sp³-hybridized carbons (Fsp3) is 0.950. The largest absolute Gasteiger partial charge is 0.388 e. The number of carbonyl (C=O) groups is 2. The molecular weight excluding hydrogens is 919 g/mol. The number of likely N-dealkylation sites (tertiary alicyclic amines) is 2. The van der Waals surface area contributed by atoms with E-state index in [1.807, 2.05) is 32.8 Å². The van der Waals surface area contributed by atoms with E-state index in [0.717, 1.165) is 51.6 Å². The maximum atomic E-state index is 13.0. The first-order chi connectivity index (χ1) is 30.3. The Bertz CT molecular complexity index is 1340. The van der Waals surface area contributed by atoms with Gasteiger partial charge in [0.05, 0.1) is 30.2 Å². The van der Waals surface area contributed by atoms with Crippen LogP contribution >= 0.6 is 47.8 Å². The number of carbonyl (C=O) groups excluding carboxylic acids is 2. The zero-order chi connectivity index (χ0) is 49.4. The topological polar surface area (TPSA) is 279 Å². The molecule has 24 heteroatoms. The van der Waals surface area contributed by atoms with Crippen LogP contribution in [0.25, 0.3) is 10.4 Å². The Hall–Kier alpha value is -0.930. The molecule has 0 saturated carbocycles. The molecule has 2 amide bonds. The van der Waals surface area contributed by atoms with E-state index in [4.69, 9.17) is 20.7 Å². The molecule has 0 aromatic heterocycles. The van der Waals surface area contributed by atoms with Crippen LogP contribution in [0.15, 0.2) is 5.11 Å². The van der Waals surface area contributed by atoms with E-state index >= 15 is 0 Å². The van der Waals surface area contributed by atoms with Gasteiger partial charge in [-0.05, 0) is 76.6 Å².